The molecule has 0 aromatic heterocycles. The Labute approximate surface area is 154 Å². The molecule has 1 heterocycles. The van der Waals surface area contributed by atoms with Crippen molar-refractivity contribution >= 4 is 6.29 Å². The van der Waals surface area contributed by atoms with Gasteiger partial charge in [0.15, 0.2) is 0 Å². The zero-order chi connectivity index (χ0) is 18.0. The van der Waals surface area contributed by atoms with E-state index < -0.39 is 0 Å². The highest BCUT2D eigenvalue weighted by Crippen LogP contribution is 2.25. The number of carbonyl (C=O) groups excluding carboxylic acids is 1. The lowest BCUT2D eigenvalue weighted by atomic mass is 9.93. The number of benzene rings is 2. The van der Waals surface area contributed by atoms with E-state index in [1.165, 1.54) is 0 Å². The van der Waals surface area contributed by atoms with Gasteiger partial charge in [0.1, 0.15) is 18.5 Å². The van der Waals surface area contributed by atoms with Gasteiger partial charge in [0.25, 0.3) is 0 Å². The molecule has 4 nitrogen and oxygen atoms in total. The highest BCUT2D eigenvalue weighted by atomic mass is 16.6. The van der Waals surface area contributed by atoms with Crippen molar-refractivity contribution in [1.82, 2.24) is 0 Å². The zero-order valence-electron chi connectivity index (χ0n) is 14.7. The molecule has 2 aromatic carbocycles. The second kappa shape index (κ2) is 9.90. The largest absolute Gasteiger partial charge is 0.493 e. The third-order valence-corrected chi connectivity index (χ3v) is 4.41. The Morgan fingerprint density at radius 3 is 2.23 bits per heavy atom. The Morgan fingerprint density at radius 2 is 1.58 bits per heavy atom. The molecule has 4 heteroatoms. The molecule has 136 valence electrons. The minimum absolute atomic E-state index is 0.00436. The van der Waals surface area contributed by atoms with E-state index in [0.717, 1.165) is 17.4 Å². The molecule has 0 aliphatic carbocycles. The van der Waals surface area contributed by atoms with E-state index in [0.29, 0.717) is 26.2 Å². The van der Waals surface area contributed by atoms with Crippen LogP contribution in [-0.4, -0.2) is 25.1 Å². The third kappa shape index (κ3) is 5.28. The average Bonchev–Trinajstić information content (AvgIpc) is 2.69. The van der Waals surface area contributed by atoms with Crippen molar-refractivity contribution in [3.05, 3.63) is 84.1 Å². The van der Waals surface area contributed by atoms with Gasteiger partial charge < -0.3 is 19.0 Å². The molecule has 2 aromatic rings. The molecule has 3 atom stereocenters. The van der Waals surface area contributed by atoms with Gasteiger partial charge in [0.2, 0.25) is 0 Å². The summed E-state index contributed by atoms with van der Waals surface area (Å²) in [6, 6.07) is 20.0. The minimum Gasteiger partial charge on any atom is -0.493 e. The summed E-state index contributed by atoms with van der Waals surface area (Å²) in [4.78, 5) is 11.0. The second-order valence-corrected chi connectivity index (χ2v) is 6.33. The van der Waals surface area contributed by atoms with Crippen LogP contribution in [0.25, 0.3) is 0 Å². The lowest BCUT2D eigenvalue weighted by molar-refractivity contribution is -0.121. The Balaban J connectivity index is 1.59. The lowest BCUT2D eigenvalue weighted by Crippen LogP contribution is -2.42. The fourth-order valence-corrected chi connectivity index (χ4v) is 3.03. The van der Waals surface area contributed by atoms with Gasteiger partial charge in [-0.05, 0) is 17.2 Å². The predicted octanol–water partition coefficient (Wildman–Crippen LogP) is 3.91. The number of hydrogen-bond acceptors (Lipinski definition) is 4. The molecule has 0 saturated carbocycles. The minimum atomic E-state index is -0.239. The summed E-state index contributed by atoms with van der Waals surface area (Å²) < 4.78 is 17.7. The van der Waals surface area contributed by atoms with Gasteiger partial charge in [-0.2, -0.15) is 0 Å². The number of aldehydes is 1. The standard InChI is InChI=1S/C22H24O4/c23-13-11-20-12-14-25-21(17-24-15-18-7-3-1-4-8-18)22(20)26-16-19-9-5-2-6-10-19/h1-10,12-14,20-22H,11,15-17H2/t20-,21+,22-/m0/s1. The molecule has 3 rings (SSSR count). The lowest BCUT2D eigenvalue weighted by Gasteiger charge is -2.34. The first-order valence-electron chi connectivity index (χ1n) is 8.90. The van der Waals surface area contributed by atoms with E-state index in [1.54, 1.807) is 6.26 Å². The first-order valence-corrected chi connectivity index (χ1v) is 8.90. The predicted molar refractivity (Wildman–Crippen MR) is 99.3 cm³/mol. The van der Waals surface area contributed by atoms with E-state index in [1.807, 2.05) is 66.7 Å². The second-order valence-electron chi connectivity index (χ2n) is 6.33. The smallest absolute Gasteiger partial charge is 0.148 e. The van der Waals surface area contributed by atoms with Gasteiger partial charge in [0.05, 0.1) is 26.1 Å². The van der Waals surface area contributed by atoms with Gasteiger partial charge in [0, 0.05) is 12.3 Å². The van der Waals surface area contributed by atoms with Crippen LogP contribution >= 0.6 is 0 Å². The summed E-state index contributed by atoms with van der Waals surface area (Å²) in [7, 11) is 0. The summed E-state index contributed by atoms with van der Waals surface area (Å²) >= 11 is 0. The topological polar surface area (TPSA) is 44.8 Å². The maximum atomic E-state index is 11.0. The van der Waals surface area contributed by atoms with Gasteiger partial charge in [-0.25, -0.2) is 0 Å². The molecule has 1 aliphatic heterocycles. The Morgan fingerprint density at radius 1 is 0.923 bits per heavy atom. The number of hydrogen-bond donors (Lipinski definition) is 0. The monoisotopic (exact) mass is 352 g/mol. The van der Waals surface area contributed by atoms with Crippen LogP contribution in [0.1, 0.15) is 17.5 Å². The zero-order valence-corrected chi connectivity index (χ0v) is 14.7. The third-order valence-electron chi connectivity index (χ3n) is 4.41. The fraction of sp³-hybridized carbons (Fsp3) is 0.318. The van der Waals surface area contributed by atoms with Crippen molar-refractivity contribution in [2.24, 2.45) is 5.92 Å². The molecule has 0 N–H and O–H groups in total. The molecule has 0 fully saturated rings. The highest BCUT2D eigenvalue weighted by Gasteiger charge is 2.33. The summed E-state index contributed by atoms with van der Waals surface area (Å²) in [6.07, 6.45) is 4.44. The Bertz CT molecular complexity index is 684. The van der Waals surface area contributed by atoms with Crippen LogP contribution in [0.4, 0.5) is 0 Å². The van der Waals surface area contributed by atoms with Gasteiger partial charge in [-0.3, -0.25) is 0 Å². The average molecular weight is 352 g/mol. The van der Waals surface area contributed by atoms with Crippen molar-refractivity contribution in [2.75, 3.05) is 6.61 Å². The van der Waals surface area contributed by atoms with E-state index in [2.05, 4.69) is 0 Å². The summed E-state index contributed by atoms with van der Waals surface area (Å²) in [5, 5.41) is 0. The summed E-state index contributed by atoms with van der Waals surface area (Å²) in [5.41, 5.74) is 2.21. The van der Waals surface area contributed by atoms with Crippen molar-refractivity contribution < 1.29 is 19.0 Å². The van der Waals surface area contributed by atoms with Crippen LogP contribution in [-0.2, 0) is 32.2 Å². The van der Waals surface area contributed by atoms with Gasteiger partial charge >= 0.3 is 0 Å². The van der Waals surface area contributed by atoms with Crippen molar-refractivity contribution in [3.63, 3.8) is 0 Å². The highest BCUT2D eigenvalue weighted by molar-refractivity contribution is 5.50. The molecule has 1 aliphatic rings. The molecule has 0 amide bonds. The van der Waals surface area contributed by atoms with Crippen LogP contribution < -0.4 is 0 Å². The number of rotatable bonds is 9. The van der Waals surface area contributed by atoms with E-state index in [4.69, 9.17) is 14.2 Å². The number of carbonyl (C=O) groups is 1. The first kappa shape index (κ1) is 18.4. The van der Waals surface area contributed by atoms with Crippen molar-refractivity contribution in [3.8, 4) is 0 Å². The molecule has 0 radical (unpaired) electrons. The SMILES string of the molecule is O=CC[C@H]1C=CO[C@H](COCc2ccccc2)[C@H]1OCc1ccccc1. The molecule has 0 spiro atoms. The molecule has 0 saturated heterocycles. The van der Waals surface area contributed by atoms with Crippen molar-refractivity contribution in [1.29, 1.82) is 0 Å². The van der Waals surface area contributed by atoms with Crippen molar-refractivity contribution in [2.45, 2.75) is 31.8 Å². The van der Waals surface area contributed by atoms with E-state index >= 15 is 0 Å². The Hall–Kier alpha value is -2.43. The maximum absolute atomic E-state index is 11.0. The van der Waals surface area contributed by atoms with E-state index in [9.17, 15) is 4.79 Å². The molecular formula is C22H24O4. The molecule has 26 heavy (non-hydrogen) atoms. The fourth-order valence-electron chi connectivity index (χ4n) is 3.03. The van der Waals surface area contributed by atoms with Crippen LogP contribution in [0.2, 0.25) is 0 Å². The van der Waals surface area contributed by atoms with Crippen LogP contribution in [0, 0.1) is 5.92 Å². The van der Waals surface area contributed by atoms with Crippen LogP contribution in [0.5, 0.6) is 0 Å². The molecular weight excluding hydrogens is 328 g/mol. The number of ether oxygens (including phenoxy) is 3. The van der Waals surface area contributed by atoms with Gasteiger partial charge in [-0.15, -0.1) is 0 Å². The quantitative estimate of drug-likeness (QED) is 0.642. The van der Waals surface area contributed by atoms with Crippen LogP contribution in [0.3, 0.4) is 0 Å². The van der Waals surface area contributed by atoms with E-state index in [-0.39, 0.29) is 18.1 Å². The summed E-state index contributed by atoms with van der Waals surface area (Å²) in [6.45, 7) is 1.41. The van der Waals surface area contributed by atoms with Gasteiger partial charge in [-0.1, -0.05) is 60.7 Å². The first-order chi connectivity index (χ1) is 12.9. The molecule has 0 bridgehead atoms. The Kier molecular flexibility index (Phi) is 6.99. The van der Waals surface area contributed by atoms with Crippen LogP contribution in [0.15, 0.2) is 73.0 Å². The molecule has 0 unspecified atom stereocenters. The maximum Gasteiger partial charge on any atom is 0.148 e. The summed E-state index contributed by atoms with van der Waals surface area (Å²) in [5.74, 6) is -0.00436. The normalized spacial score (nSPS) is 21.9.